The van der Waals surface area contributed by atoms with Gasteiger partial charge in [0.2, 0.25) is 5.91 Å². The van der Waals surface area contributed by atoms with Gasteiger partial charge in [-0.15, -0.1) is 13.2 Å². The van der Waals surface area contributed by atoms with Crippen LogP contribution in [-0.2, 0) is 17.9 Å². The number of amides is 1. The Morgan fingerprint density at radius 1 is 1.04 bits per heavy atom. The van der Waals surface area contributed by atoms with Gasteiger partial charge in [-0.25, -0.2) is 0 Å². The molecule has 0 atom stereocenters. The quantitative estimate of drug-likeness (QED) is 0.826. The van der Waals surface area contributed by atoms with Crippen LogP contribution in [0.4, 0.5) is 13.2 Å². The van der Waals surface area contributed by atoms with E-state index in [-0.39, 0.29) is 11.7 Å². The lowest BCUT2D eigenvalue weighted by Crippen LogP contribution is -2.23. The predicted octanol–water partition coefficient (Wildman–Crippen LogP) is 4.50. The van der Waals surface area contributed by atoms with Crippen LogP contribution in [0.25, 0.3) is 11.1 Å². The van der Waals surface area contributed by atoms with Crippen molar-refractivity contribution in [1.82, 2.24) is 4.90 Å². The van der Waals surface area contributed by atoms with Crippen LogP contribution >= 0.6 is 0 Å². The lowest BCUT2D eigenvalue weighted by molar-refractivity contribution is -0.274. The van der Waals surface area contributed by atoms with Gasteiger partial charge in [-0.2, -0.15) is 0 Å². The highest BCUT2D eigenvalue weighted by Crippen LogP contribution is 2.30. The van der Waals surface area contributed by atoms with Gasteiger partial charge in [0.15, 0.2) is 0 Å². The summed E-state index contributed by atoms with van der Waals surface area (Å²) in [6.07, 6.45) is -4.22. The van der Waals surface area contributed by atoms with Crippen molar-refractivity contribution in [2.45, 2.75) is 32.8 Å². The van der Waals surface area contributed by atoms with Gasteiger partial charge in [-0.1, -0.05) is 31.2 Å². The van der Waals surface area contributed by atoms with E-state index >= 15 is 0 Å². The average molecular weight is 335 g/mol. The molecule has 0 aliphatic carbocycles. The highest BCUT2D eigenvalue weighted by Gasteiger charge is 2.31. The molecule has 0 N–H and O–H groups in total. The van der Waals surface area contributed by atoms with Crippen LogP contribution in [-0.4, -0.2) is 17.2 Å². The number of rotatable bonds is 3. The Morgan fingerprint density at radius 3 is 2.29 bits per heavy atom. The van der Waals surface area contributed by atoms with Crippen LogP contribution < -0.4 is 4.74 Å². The fourth-order valence-corrected chi connectivity index (χ4v) is 2.82. The molecule has 0 fully saturated rings. The molecule has 1 aliphatic rings. The molecule has 0 spiro atoms. The number of hydrogen-bond acceptors (Lipinski definition) is 2. The molecule has 0 saturated heterocycles. The number of nitrogens with zero attached hydrogens (tertiary/aromatic N) is 1. The molecule has 3 rings (SSSR count). The molecule has 1 amide bonds. The van der Waals surface area contributed by atoms with Crippen molar-refractivity contribution < 1.29 is 22.7 Å². The van der Waals surface area contributed by atoms with Crippen LogP contribution in [0.1, 0.15) is 24.5 Å². The molecule has 1 heterocycles. The van der Waals surface area contributed by atoms with Crippen molar-refractivity contribution in [2.75, 3.05) is 0 Å². The number of fused-ring (bicyclic) bond motifs is 1. The zero-order valence-corrected chi connectivity index (χ0v) is 13.1. The van der Waals surface area contributed by atoms with Gasteiger partial charge in [0.05, 0.1) is 0 Å². The van der Waals surface area contributed by atoms with Crippen LogP contribution in [0.15, 0.2) is 42.5 Å². The first-order chi connectivity index (χ1) is 11.4. The smallest absolute Gasteiger partial charge is 0.406 e. The normalized spacial score (nSPS) is 13.8. The van der Waals surface area contributed by atoms with Gasteiger partial charge >= 0.3 is 6.36 Å². The molecule has 2 aromatic rings. The van der Waals surface area contributed by atoms with Crippen molar-refractivity contribution in [3.05, 3.63) is 53.6 Å². The molecule has 0 bridgehead atoms. The summed E-state index contributed by atoms with van der Waals surface area (Å²) >= 11 is 0. The number of hydrogen-bond donors (Lipinski definition) is 0. The Bertz CT molecular complexity index is 754. The molecule has 0 unspecified atom stereocenters. The number of ether oxygens (including phenoxy) is 1. The summed E-state index contributed by atoms with van der Waals surface area (Å²) in [7, 11) is 0. The molecular weight excluding hydrogens is 319 g/mol. The first-order valence-corrected chi connectivity index (χ1v) is 7.61. The third-order valence-corrected chi connectivity index (χ3v) is 4.01. The van der Waals surface area contributed by atoms with Crippen molar-refractivity contribution in [2.24, 2.45) is 0 Å². The number of carbonyl (C=O) groups is 1. The summed E-state index contributed by atoms with van der Waals surface area (Å²) in [6.45, 7) is 3.02. The Hall–Kier alpha value is -2.50. The fourth-order valence-electron chi connectivity index (χ4n) is 2.82. The Balaban J connectivity index is 1.79. The second kappa shape index (κ2) is 6.19. The highest BCUT2D eigenvalue weighted by atomic mass is 19.4. The summed E-state index contributed by atoms with van der Waals surface area (Å²) < 4.78 is 40.5. The van der Waals surface area contributed by atoms with Crippen molar-refractivity contribution in [1.29, 1.82) is 0 Å². The van der Waals surface area contributed by atoms with E-state index in [0.717, 1.165) is 22.3 Å². The Kier molecular flexibility index (Phi) is 4.22. The number of halogens is 3. The number of alkyl halides is 3. The van der Waals surface area contributed by atoms with Crippen LogP contribution in [0, 0.1) is 0 Å². The van der Waals surface area contributed by atoms with E-state index in [1.807, 2.05) is 25.1 Å². The molecule has 3 nitrogen and oxygen atoms in total. The minimum Gasteiger partial charge on any atom is -0.406 e. The van der Waals surface area contributed by atoms with E-state index in [4.69, 9.17) is 0 Å². The third kappa shape index (κ3) is 3.53. The maximum absolute atomic E-state index is 12.2. The largest absolute Gasteiger partial charge is 0.573 e. The van der Waals surface area contributed by atoms with E-state index in [9.17, 15) is 18.0 Å². The standard InChI is InChI=1S/C18H16F3NO2/c1-2-17(23)22-10-14-4-3-13(9-15(14)11-22)12-5-7-16(8-6-12)24-18(19,20)21/h3-9H,2,10-11H2,1H3. The van der Waals surface area contributed by atoms with Gasteiger partial charge in [-0.3, -0.25) is 4.79 Å². The molecule has 0 radical (unpaired) electrons. The molecule has 0 saturated carbocycles. The van der Waals surface area contributed by atoms with E-state index in [1.165, 1.54) is 12.1 Å². The topological polar surface area (TPSA) is 29.5 Å². The SMILES string of the molecule is CCC(=O)N1Cc2ccc(-c3ccc(OC(F)(F)F)cc3)cc2C1. The molecule has 24 heavy (non-hydrogen) atoms. The third-order valence-electron chi connectivity index (χ3n) is 4.01. The second-order valence-electron chi connectivity index (χ2n) is 5.66. The predicted molar refractivity (Wildman–Crippen MR) is 83.1 cm³/mol. The molecule has 126 valence electrons. The molecule has 2 aromatic carbocycles. The highest BCUT2D eigenvalue weighted by molar-refractivity contribution is 5.77. The Morgan fingerprint density at radius 2 is 1.67 bits per heavy atom. The fraction of sp³-hybridized carbons (Fsp3) is 0.278. The summed E-state index contributed by atoms with van der Waals surface area (Å²) in [5.41, 5.74) is 3.88. The monoisotopic (exact) mass is 335 g/mol. The van der Waals surface area contributed by atoms with Crippen LogP contribution in [0.2, 0.25) is 0 Å². The summed E-state index contributed by atoms with van der Waals surface area (Å²) in [5.74, 6) is -0.131. The van der Waals surface area contributed by atoms with Crippen molar-refractivity contribution in [3.8, 4) is 16.9 Å². The van der Waals surface area contributed by atoms with Crippen LogP contribution in [0.3, 0.4) is 0 Å². The Labute approximate surface area is 137 Å². The number of benzene rings is 2. The van der Waals surface area contributed by atoms with Gasteiger partial charge in [0, 0.05) is 19.5 Å². The van der Waals surface area contributed by atoms with E-state index in [1.54, 1.807) is 17.0 Å². The zero-order valence-electron chi connectivity index (χ0n) is 13.1. The molecule has 6 heteroatoms. The van der Waals surface area contributed by atoms with Crippen LogP contribution in [0.5, 0.6) is 5.75 Å². The average Bonchev–Trinajstić information content (AvgIpc) is 2.96. The summed E-state index contributed by atoms with van der Waals surface area (Å²) in [4.78, 5) is 13.6. The van der Waals surface area contributed by atoms with E-state index < -0.39 is 6.36 Å². The van der Waals surface area contributed by atoms with Crippen molar-refractivity contribution in [3.63, 3.8) is 0 Å². The minimum absolute atomic E-state index is 0.112. The van der Waals surface area contributed by atoms with Gasteiger partial charge in [0.1, 0.15) is 5.75 Å². The minimum atomic E-state index is -4.69. The summed E-state index contributed by atoms with van der Waals surface area (Å²) in [6, 6.07) is 11.6. The van der Waals surface area contributed by atoms with E-state index in [0.29, 0.717) is 19.5 Å². The number of carbonyl (C=O) groups excluding carboxylic acids is 1. The van der Waals surface area contributed by atoms with Crippen molar-refractivity contribution >= 4 is 5.91 Å². The lowest BCUT2D eigenvalue weighted by Gasteiger charge is -2.13. The molecular formula is C18H16F3NO2. The van der Waals surface area contributed by atoms with Gasteiger partial charge in [0.25, 0.3) is 0 Å². The van der Waals surface area contributed by atoms with E-state index in [2.05, 4.69) is 4.74 Å². The second-order valence-corrected chi connectivity index (χ2v) is 5.66. The van der Waals surface area contributed by atoms with Gasteiger partial charge in [-0.05, 0) is 40.5 Å². The maximum atomic E-state index is 12.2. The first-order valence-electron chi connectivity index (χ1n) is 7.61. The summed E-state index contributed by atoms with van der Waals surface area (Å²) in [5, 5.41) is 0. The molecule has 0 aromatic heterocycles. The lowest BCUT2D eigenvalue weighted by atomic mass is 10.0. The zero-order chi connectivity index (χ0) is 17.3. The first kappa shape index (κ1) is 16.4. The maximum Gasteiger partial charge on any atom is 0.573 e. The molecule has 1 aliphatic heterocycles. The van der Waals surface area contributed by atoms with Gasteiger partial charge < -0.3 is 9.64 Å².